The highest BCUT2D eigenvalue weighted by Gasteiger charge is 2.34. The van der Waals surface area contributed by atoms with Crippen molar-refractivity contribution >= 4 is 16.3 Å². The molecule has 0 bridgehead atoms. The molecule has 86 valence electrons. The second kappa shape index (κ2) is 3.84. The summed E-state index contributed by atoms with van der Waals surface area (Å²) in [5.74, 6) is 0.304. The van der Waals surface area contributed by atoms with E-state index in [-0.39, 0.29) is 0 Å². The lowest BCUT2D eigenvalue weighted by molar-refractivity contribution is 0.00628. The van der Waals surface area contributed by atoms with E-state index in [4.69, 9.17) is 0 Å². The topological polar surface area (TPSA) is 57.8 Å². The van der Waals surface area contributed by atoms with Crippen molar-refractivity contribution in [1.29, 1.82) is 0 Å². The van der Waals surface area contributed by atoms with E-state index < -0.39 is 12.2 Å². The van der Waals surface area contributed by atoms with Crippen LogP contribution in [-0.2, 0) is 6.42 Å². The van der Waals surface area contributed by atoms with Crippen molar-refractivity contribution in [3.05, 3.63) is 23.5 Å². The highest BCUT2D eigenvalue weighted by molar-refractivity contribution is 7.15. The minimum atomic E-state index is -0.683. The van der Waals surface area contributed by atoms with E-state index in [0.717, 1.165) is 23.5 Å². The highest BCUT2D eigenvalue weighted by Crippen LogP contribution is 2.34. The molecule has 2 unspecified atom stereocenters. The number of hydrogen-bond acceptors (Lipinski definition) is 4. The molecule has 0 amide bonds. The van der Waals surface area contributed by atoms with Crippen molar-refractivity contribution < 1.29 is 10.2 Å². The van der Waals surface area contributed by atoms with Gasteiger partial charge >= 0.3 is 0 Å². The molecule has 1 aliphatic rings. The van der Waals surface area contributed by atoms with Crippen LogP contribution in [0.5, 0.6) is 0 Å². The smallest absolute Gasteiger partial charge is 0.193 e. The minimum Gasteiger partial charge on any atom is -0.390 e. The molecule has 2 aromatic rings. The Balaban J connectivity index is 1.71. The molecule has 2 aromatic heterocycles. The van der Waals surface area contributed by atoms with Crippen molar-refractivity contribution in [3.63, 3.8) is 0 Å². The maximum atomic E-state index is 9.85. The Morgan fingerprint density at radius 2 is 2.31 bits per heavy atom. The Hall–Kier alpha value is -0.910. The number of aliphatic hydroxyl groups excluding tert-OH is 2. The first-order valence-corrected chi connectivity index (χ1v) is 6.39. The lowest BCUT2D eigenvalue weighted by Crippen LogP contribution is -2.29. The molecule has 0 radical (unpaired) electrons. The zero-order valence-corrected chi connectivity index (χ0v) is 9.60. The number of thiazole rings is 1. The van der Waals surface area contributed by atoms with E-state index in [2.05, 4.69) is 4.98 Å². The van der Waals surface area contributed by atoms with Crippen LogP contribution < -0.4 is 0 Å². The van der Waals surface area contributed by atoms with Crippen LogP contribution in [0.1, 0.15) is 18.5 Å². The first-order valence-electron chi connectivity index (χ1n) is 5.51. The van der Waals surface area contributed by atoms with E-state index in [1.807, 2.05) is 22.2 Å². The monoisotopic (exact) mass is 238 g/mol. The van der Waals surface area contributed by atoms with Crippen LogP contribution >= 0.6 is 11.3 Å². The maximum Gasteiger partial charge on any atom is 0.193 e. The molecule has 0 spiro atoms. The predicted octanol–water partition coefficient (Wildman–Crippen LogP) is 1.07. The molecule has 1 saturated carbocycles. The molecule has 1 fully saturated rings. The summed E-state index contributed by atoms with van der Waals surface area (Å²) in [4.78, 5) is 5.32. The Morgan fingerprint density at radius 3 is 3.00 bits per heavy atom. The van der Waals surface area contributed by atoms with Gasteiger partial charge in [-0.3, -0.25) is 4.40 Å². The molecule has 0 aromatic carbocycles. The van der Waals surface area contributed by atoms with Crippen LogP contribution in [0.25, 0.3) is 4.96 Å². The summed E-state index contributed by atoms with van der Waals surface area (Å²) in [7, 11) is 0. The quantitative estimate of drug-likeness (QED) is 0.837. The van der Waals surface area contributed by atoms with Crippen LogP contribution in [0.4, 0.5) is 0 Å². The number of rotatable bonds is 4. The molecule has 5 heteroatoms. The van der Waals surface area contributed by atoms with E-state index in [9.17, 15) is 10.2 Å². The molecule has 1 aliphatic carbocycles. The Morgan fingerprint density at radius 1 is 1.50 bits per heavy atom. The molecule has 3 rings (SSSR count). The third kappa shape index (κ3) is 1.86. The average Bonchev–Trinajstić information content (AvgIpc) is 2.90. The molecule has 0 saturated heterocycles. The molecule has 16 heavy (non-hydrogen) atoms. The fraction of sp³-hybridized carbons (Fsp3) is 0.545. The first kappa shape index (κ1) is 10.3. The van der Waals surface area contributed by atoms with E-state index in [1.54, 1.807) is 11.3 Å². The summed E-state index contributed by atoms with van der Waals surface area (Å²) in [5.41, 5.74) is 0.846. The lowest BCUT2D eigenvalue weighted by Gasteiger charge is -2.15. The second-order valence-corrected chi connectivity index (χ2v) is 5.30. The van der Waals surface area contributed by atoms with Gasteiger partial charge in [0.2, 0.25) is 0 Å². The summed E-state index contributed by atoms with van der Waals surface area (Å²) >= 11 is 1.57. The average molecular weight is 238 g/mol. The van der Waals surface area contributed by atoms with Crippen molar-refractivity contribution in [3.8, 4) is 0 Å². The largest absolute Gasteiger partial charge is 0.390 e. The van der Waals surface area contributed by atoms with Gasteiger partial charge in [-0.25, -0.2) is 4.98 Å². The molecule has 4 nitrogen and oxygen atoms in total. The zero-order chi connectivity index (χ0) is 11.1. The maximum absolute atomic E-state index is 9.85. The molecule has 2 N–H and O–H groups in total. The third-order valence-corrected chi connectivity index (χ3v) is 3.83. The molecule has 2 atom stereocenters. The van der Waals surface area contributed by atoms with E-state index in [0.29, 0.717) is 12.3 Å². The number of fused-ring (bicyclic) bond motifs is 1. The van der Waals surface area contributed by atoms with E-state index in [1.165, 1.54) is 0 Å². The van der Waals surface area contributed by atoms with Gasteiger partial charge in [-0.05, 0) is 18.8 Å². The fourth-order valence-corrected chi connectivity index (χ4v) is 2.68. The van der Waals surface area contributed by atoms with Gasteiger partial charge < -0.3 is 10.2 Å². The van der Waals surface area contributed by atoms with Crippen LogP contribution in [0, 0.1) is 5.92 Å². The minimum absolute atomic E-state index is 0.304. The number of hydrogen-bond donors (Lipinski definition) is 2. The highest BCUT2D eigenvalue weighted by atomic mass is 32.1. The van der Waals surface area contributed by atoms with Gasteiger partial charge in [0.25, 0.3) is 0 Å². The van der Waals surface area contributed by atoms with Gasteiger partial charge in [-0.2, -0.15) is 0 Å². The van der Waals surface area contributed by atoms with Crippen LogP contribution in [0.15, 0.2) is 17.8 Å². The number of nitrogens with zero attached hydrogens (tertiary/aromatic N) is 2. The summed E-state index contributed by atoms with van der Waals surface area (Å²) < 4.78 is 1.94. The van der Waals surface area contributed by atoms with E-state index >= 15 is 0 Å². The van der Waals surface area contributed by atoms with Crippen molar-refractivity contribution in [1.82, 2.24) is 9.38 Å². The predicted molar refractivity (Wildman–Crippen MR) is 61.5 cm³/mol. The zero-order valence-electron chi connectivity index (χ0n) is 8.78. The van der Waals surface area contributed by atoms with Gasteiger partial charge in [0.15, 0.2) is 4.96 Å². The van der Waals surface area contributed by atoms with Crippen molar-refractivity contribution in [2.75, 3.05) is 0 Å². The van der Waals surface area contributed by atoms with Crippen molar-refractivity contribution in [2.24, 2.45) is 5.92 Å². The number of aliphatic hydroxyl groups is 2. The van der Waals surface area contributed by atoms with Gasteiger partial charge in [0.05, 0.1) is 17.9 Å². The summed E-state index contributed by atoms with van der Waals surface area (Å²) in [5, 5.41) is 21.6. The Labute approximate surface area is 97.2 Å². The second-order valence-electron chi connectivity index (χ2n) is 4.42. The van der Waals surface area contributed by atoms with Gasteiger partial charge in [-0.15, -0.1) is 11.3 Å². The van der Waals surface area contributed by atoms with Gasteiger partial charge in [0, 0.05) is 24.2 Å². The third-order valence-electron chi connectivity index (χ3n) is 3.06. The molecule has 0 aliphatic heterocycles. The summed E-state index contributed by atoms with van der Waals surface area (Å²) in [6.45, 7) is 0. The molecular formula is C11H14N2O2S. The normalized spacial score (nSPS) is 20.1. The lowest BCUT2D eigenvalue weighted by atomic mass is 10.1. The summed E-state index contributed by atoms with van der Waals surface area (Å²) in [6, 6.07) is 0. The van der Waals surface area contributed by atoms with Crippen LogP contribution in [-0.4, -0.2) is 31.8 Å². The van der Waals surface area contributed by atoms with Gasteiger partial charge in [-0.1, -0.05) is 0 Å². The first-order chi connectivity index (χ1) is 7.74. The molecule has 2 heterocycles. The standard InChI is InChI=1S/C11H14N2O2S/c14-9(10(15)7-1-2-7)5-8-6-13-3-4-16-11(13)12-8/h3-4,6-7,9-10,14-15H,1-2,5H2. The van der Waals surface area contributed by atoms with Crippen LogP contribution in [0.3, 0.4) is 0 Å². The Kier molecular flexibility index (Phi) is 2.46. The van der Waals surface area contributed by atoms with Crippen LogP contribution in [0.2, 0.25) is 0 Å². The fourth-order valence-electron chi connectivity index (χ4n) is 1.96. The Bertz CT molecular complexity index is 460. The SMILES string of the molecule is OC(Cc1cn2ccsc2n1)C(O)C1CC1. The molecular weight excluding hydrogens is 224 g/mol. The van der Waals surface area contributed by atoms with Crippen molar-refractivity contribution in [2.45, 2.75) is 31.5 Å². The number of aromatic nitrogens is 2. The summed E-state index contributed by atoms with van der Waals surface area (Å²) in [6.07, 6.45) is 5.10. The van der Waals surface area contributed by atoms with Gasteiger partial charge in [0.1, 0.15) is 0 Å². The number of imidazole rings is 1.